The Kier molecular flexibility index (Phi) is 8.09. The molecule has 0 radical (unpaired) electrons. The number of benzene rings is 2. The van der Waals surface area contributed by atoms with Gasteiger partial charge >= 0.3 is 0 Å². The number of imidazole rings is 1. The van der Waals surface area contributed by atoms with E-state index in [9.17, 15) is 5.26 Å². The molecule has 2 aromatic heterocycles. The van der Waals surface area contributed by atoms with Crippen LogP contribution >= 0.6 is 23.4 Å². The molecule has 0 aliphatic rings. The Hall–Kier alpha value is -3.31. The van der Waals surface area contributed by atoms with Gasteiger partial charge < -0.3 is 14.8 Å². The monoisotopic (exact) mass is 502 g/mol. The van der Waals surface area contributed by atoms with Crippen molar-refractivity contribution in [3.05, 3.63) is 77.2 Å². The van der Waals surface area contributed by atoms with Crippen LogP contribution in [-0.2, 0) is 7.05 Å². The van der Waals surface area contributed by atoms with Gasteiger partial charge in [-0.25, -0.2) is 4.98 Å². The molecule has 35 heavy (non-hydrogen) atoms. The van der Waals surface area contributed by atoms with Crippen molar-refractivity contribution in [2.24, 2.45) is 7.05 Å². The van der Waals surface area contributed by atoms with Crippen molar-refractivity contribution in [2.75, 3.05) is 25.0 Å². The number of nitrogens with one attached hydrogen (secondary N) is 1. The zero-order valence-electron chi connectivity index (χ0n) is 20.0. The van der Waals surface area contributed by atoms with E-state index in [-0.39, 0.29) is 0 Å². The number of likely N-dealkylation sites (N-methyl/N-ethyl adjacent to an activating group) is 1. The van der Waals surface area contributed by atoms with Gasteiger partial charge in [-0.1, -0.05) is 61.5 Å². The fourth-order valence-electron chi connectivity index (χ4n) is 3.71. The van der Waals surface area contributed by atoms with E-state index >= 15 is 0 Å². The minimum atomic E-state index is 0.477. The molecule has 4 rings (SSSR count). The van der Waals surface area contributed by atoms with Crippen LogP contribution in [-0.4, -0.2) is 39.1 Å². The number of anilines is 2. The lowest BCUT2D eigenvalue weighted by atomic mass is 10.1. The van der Waals surface area contributed by atoms with Crippen LogP contribution < -0.4 is 5.32 Å². The van der Waals surface area contributed by atoms with Gasteiger partial charge in [0.15, 0.2) is 5.16 Å². The van der Waals surface area contributed by atoms with Crippen LogP contribution in [0.2, 0.25) is 5.02 Å². The maximum absolute atomic E-state index is 9.71. The smallest absolute Gasteiger partial charge is 0.172 e. The average Bonchev–Trinajstić information content (AvgIpc) is 3.27. The lowest BCUT2D eigenvalue weighted by molar-refractivity contribution is 0.338. The van der Waals surface area contributed by atoms with Gasteiger partial charge in [-0.05, 0) is 42.9 Å². The third kappa shape index (κ3) is 5.85. The minimum absolute atomic E-state index is 0.477. The summed E-state index contributed by atoms with van der Waals surface area (Å²) in [6.45, 7) is 7.29. The van der Waals surface area contributed by atoms with Gasteiger partial charge in [-0.15, -0.1) is 0 Å². The SMILES string of the molecule is CCN(CC)C/C=C/c1ccc2c(Nc3ccc(Sc4nccn4C)c(Cl)c3)c(C#N)cnc2c1. The van der Waals surface area contributed by atoms with Gasteiger partial charge in [0.2, 0.25) is 0 Å². The molecule has 0 aliphatic carbocycles. The highest BCUT2D eigenvalue weighted by atomic mass is 35.5. The number of pyridine rings is 1. The van der Waals surface area contributed by atoms with Gasteiger partial charge in [0.25, 0.3) is 0 Å². The Morgan fingerprint density at radius 3 is 2.69 bits per heavy atom. The number of aryl methyl sites for hydroxylation is 1. The Bertz CT molecular complexity index is 1400. The molecular formula is C27H27ClN6S. The molecule has 4 aromatic rings. The summed E-state index contributed by atoms with van der Waals surface area (Å²) >= 11 is 8.09. The third-order valence-electron chi connectivity index (χ3n) is 5.76. The lowest BCUT2D eigenvalue weighted by Gasteiger charge is -2.15. The van der Waals surface area contributed by atoms with E-state index in [2.05, 4.69) is 58.3 Å². The first kappa shape index (κ1) is 24.8. The van der Waals surface area contributed by atoms with Crippen molar-refractivity contribution in [2.45, 2.75) is 23.9 Å². The van der Waals surface area contributed by atoms with Crippen LogP contribution in [0.1, 0.15) is 25.0 Å². The number of aromatic nitrogens is 3. The molecule has 0 saturated heterocycles. The van der Waals surface area contributed by atoms with Gasteiger partial charge in [0.05, 0.1) is 21.8 Å². The molecule has 0 saturated carbocycles. The number of fused-ring (bicyclic) bond motifs is 1. The molecule has 2 aromatic carbocycles. The van der Waals surface area contributed by atoms with Crippen LogP contribution in [0.25, 0.3) is 17.0 Å². The van der Waals surface area contributed by atoms with Gasteiger partial charge in [-0.2, -0.15) is 5.26 Å². The zero-order valence-corrected chi connectivity index (χ0v) is 21.6. The van der Waals surface area contributed by atoms with Gasteiger partial charge in [0, 0.05) is 48.2 Å². The highest BCUT2D eigenvalue weighted by Crippen LogP contribution is 2.36. The molecule has 0 spiro atoms. The summed E-state index contributed by atoms with van der Waals surface area (Å²) in [6.07, 6.45) is 9.56. The van der Waals surface area contributed by atoms with Gasteiger partial charge in [-0.3, -0.25) is 4.98 Å². The lowest BCUT2D eigenvalue weighted by Crippen LogP contribution is -2.22. The van der Waals surface area contributed by atoms with Crippen molar-refractivity contribution in [3.63, 3.8) is 0 Å². The van der Waals surface area contributed by atoms with E-state index in [1.807, 2.05) is 48.1 Å². The first-order valence-corrected chi connectivity index (χ1v) is 12.6. The molecule has 1 N–H and O–H groups in total. The first-order chi connectivity index (χ1) is 17.0. The molecule has 0 bridgehead atoms. The highest BCUT2D eigenvalue weighted by molar-refractivity contribution is 7.99. The molecule has 0 unspecified atom stereocenters. The topological polar surface area (TPSA) is 69.8 Å². The zero-order chi connectivity index (χ0) is 24.8. The van der Waals surface area contributed by atoms with Crippen molar-refractivity contribution >= 4 is 51.7 Å². The van der Waals surface area contributed by atoms with Crippen molar-refractivity contribution in [1.29, 1.82) is 5.26 Å². The molecule has 0 atom stereocenters. The number of halogens is 1. The Morgan fingerprint density at radius 2 is 2.00 bits per heavy atom. The van der Waals surface area contributed by atoms with Crippen molar-refractivity contribution in [1.82, 2.24) is 19.4 Å². The highest BCUT2D eigenvalue weighted by Gasteiger charge is 2.12. The molecule has 0 amide bonds. The number of nitriles is 1. The summed E-state index contributed by atoms with van der Waals surface area (Å²) in [6, 6.07) is 14.1. The number of hydrogen-bond acceptors (Lipinski definition) is 6. The second-order valence-corrected chi connectivity index (χ2v) is 9.43. The van der Waals surface area contributed by atoms with Crippen molar-refractivity contribution in [3.8, 4) is 6.07 Å². The fraction of sp³-hybridized carbons (Fsp3) is 0.222. The third-order valence-corrected chi connectivity index (χ3v) is 7.34. The maximum Gasteiger partial charge on any atom is 0.172 e. The molecule has 2 heterocycles. The summed E-state index contributed by atoms with van der Waals surface area (Å²) in [5.41, 5.74) is 3.89. The molecule has 0 aliphatic heterocycles. The second kappa shape index (κ2) is 11.4. The van der Waals surface area contributed by atoms with E-state index in [1.54, 1.807) is 12.4 Å². The van der Waals surface area contributed by atoms with Crippen molar-refractivity contribution < 1.29 is 0 Å². The first-order valence-electron chi connectivity index (χ1n) is 11.5. The molecule has 8 heteroatoms. The van der Waals surface area contributed by atoms with Gasteiger partial charge in [0.1, 0.15) is 6.07 Å². The minimum Gasteiger partial charge on any atom is -0.354 e. The quantitative estimate of drug-likeness (QED) is 0.273. The van der Waals surface area contributed by atoms with E-state index in [0.29, 0.717) is 10.6 Å². The second-order valence-electron chi connectivity index (χ2n) is 8.02. The Balaban J connectivity index is 1.59. The number of nitrogens with zero attached hydrogens (tertiary/aromatic N) is 5. The molecule has 178 valence electrons. The van der Waals surface area contributed by atoms with Crippen LogP contribution in [0.15, 0.2) is 71.1 Å². The van der Waals surface area contributed by atoms with E-state index in [1.165, 1.54) is 11.8 Å². The normalized spacial score (nSPS) is 11.4. The number of hydrogen-bond donors (Lipinski definition) is 1. The summed E-state index contributed by atoms with van der Waals surface area (Å²) in [7, 11) is 1.95. The summed E-state index contributed by atoms with van der Waals surface area (Å²) < 4.78 is 1.95. The standard InChI is InChI=1S/C27H27ClN6S/c1-4-34(5-2)13-6-7-19-8-10-22-24(15-19)31-18-20(17-29)26(22)32-21-9-11-25(23(28)16-21)35-27-30-12-14-33(27)3/h6-12,14-16,18H,4-5,13H2,1-3H3,(H,31,32)/b7-6+. The number of rotatable bonds is 9. The van der Waals surface area contributed by atoms with E-state index in [4.69, 9.17) is 11.6 Å². The van der Waals surface area contributed by atoms with E-state index in [0.717, 1.165) is 57.5 Å². The Morgan fingerprint density at radius 1 is 1.17 bits per heavy atom. The maximum atomic E-state index is 9.71. The Labute approximate surface area is 215 Å². The summed E-state index contributed by atoms with van der Waals surface area (Å²) in [4.78, 5) is 12.1. The van der Waals surface area contributed by atoms with Crippen LogP contribution in [0.4, 0.5) is 11.4 Å². The largest absolute Gasteiger partial charge is 0.354 e. The molecule has 0 fully saturated rings. The van der Waals surface area contributed by atoms with Crippen LogP contribution in [0, 0.1) is 11.3 Å². The predicted molar refractivity (Wildman–Crippen MR) is 145 cm³/mol. The van der Waals surface area contributed by atoms with Crippen LogP contribution in [0.3, 0.4) is 0 Å². The van der Waals surface area contributed by atoms with E-state index < -0.39 is 0 Å². The summed E-state index contributed by atoms with van der Waals surface area (Å²) in [5.74, 6) is 0. The average molecular weight is 503 g/mol. The molecular weight excluding hydrogens is 476 g/mol. The fourth-order valence-corrected chi connectivity index (χ4v) is 4.81. The molecule has 6 nitrogen and oxygen atoms in total. The summed E-state index contributed by atoms with van der Waals surface area (Å²) in [5, 5.41) is 15.5. The predicted octanol–water partition coefficient (Wildman–Crippen LogP) is 6.74. The van der Waals surface area contributed by atoms with Crippen LogP contribution in [0.5, 0.6) is 0 Å².